The van der Waals surface area contributed by atoms with Crippen molar-refractivity contribution in [1.82, 2.24) is 9.29 Å². The van der Waals surface area contributed by atoms with Crippen LogP contribution in [0.1, 0.15) is 24.0 Å². The monoisotopic (exact) mass is 373 g/mol. The Bertz CT molecular complexity index is 890. The molecule has 0 unspecified atom stereocenters. The van der Waals surface area contributed by atoms with Crippen molar-refractivity contribution >= 4 is 21.6 Å². The molecule has 1 aliphatic rings. The molecule has 26 heavy (non-hydrogen) atoms. The van der Waals surface area contributed by atoms with E-state index in [2.05, 4.69) is 10.3 Å². The first-order chi connectivity index (χ1) is 12.4. The Kier molecular flexibility index (Phi) is 5.38. The largest absolute Gasteiger partial charge is 0.326 e. The van der Waals surface area contributed by atoms with Gasteiger partial charge in [-0.2, -0.15) is 4.31 Å². The standard InChI is InChI=1S/C19H23N3O3S/c1-14-5-6-15(2)18(12-14)21-19(23)16-7-10-22(11-8-16)26(24,25)17-4-3-9-20-13-17/h3-6,9,12-13,16H,7-8,10-11H2,1-2H3,(H,21,23). The van der Waals surface area contributed by atoms with E-state index in [9.17, 15) is 13.2 Å². The van der Waals surface area contributed by atoms with Crippen LogP contribution in [-0.2, 0) is 14.8 Å². The van der Waals surface area contributed by atoms with Gasteiger partial charge in [-0.05, 0) is 56.0 Å². The number of carbonyl (C=O) groups excluding carboxylic acids is 1. The van der Waals surface area contributed by atoms with E-state index < -0.39 is 10.0 Å². The van der Waals surface area contributed by atoms with Gasteiger partial charge in [-0.15, -0.1) is 0 Å². The number of sulfonamides is 1. The zero-order chi connectivity index (χ0) is 18.7. The van der Waals surface area contributed by atoms with Gasteiger partial charge in [0.05, 0.1) is 0 Å². The predicted molar refractivity (Wildman–Crippen MR) is 100 cm³/mol. The second-order valence-corrected chi connectivity index (χ2v) is 8.61. The fourth-order valence-corrected chi connectivity index (χ4v) is 4.55. The van der Waals surface area contributed by atoms with Crippen LogP contribution >= 0.6 is 0 Å². The van der Waals surface area contributed by atoms with Crippen LogP contribution in [0, 0.1) is 19.8 Å². The molecule has 0 bridgehead atoms. The zero-order valence-electron chi connectivity index (χ0n) is 15.0. The smallest absolute Gasteiger partial charge is 0.244 e. The molecule has 1 aromatic heterocycles. The summed E-state index contributed by atoms with van der Waals surface area (Å²) in [5.41, 5.74) is 2.92. The maximum atomic E-state index is 12.6. The second-order valence-electron chi connectivity index (χ2n) is 6.67. The zero-order valence-corrected chi connectivity index (χ0v) is 15.8. The lowest BCUT2D eigenvalue weighted by molar-refractivity contribution is -0.120. The minimum Gasteiger partial charge on any atom is -0.326 e. The highest BCUT2D eigenvalue weighted by molar-refractivity contribution is 7.89. The number of benzene rings is 1. The minimum absolute atomic E-state index is 0.0443. The van der Waals surface area contributed by atoms with E-state index in [0.717, 1.165) is 16.8 Å². The van der Waals surface area contributed by atoms with Crippen molar-refractivity contribution in [2.75, 3.05) is 18.4 Å². The highest BCUT2D eigenvalue weighted by Crippen LogP contribution is 2.25. The number of nitrogens with zero attached hydrogens (tertiary/aromatic N) is 2. The van der Waals surface area contributed by atoms with Crippen molar-refractivity contribution in [1.29, 1.82) is 0 Å². The lowest BCUT2D eigenvalue weighted by Crippen LogP contribution is -2.41. The number of nitrogens with one attached hydrogen (secondary N) is 1. The first kappa shape index (κ1) is 18.5. The number of amides is 1. The molecule has 0 atom stereocenters. The van der Waals surface area contributed by atoms with E-state index in [1.807, 2.05) is 32.0 Å². The molecule has 2 heterocycles. The number of piperidine rings is 1. The first-order valence-electron chi connectivity index (χ1n) is 8.66. The van der Waals surface area contributed by atoms with Crippen LogP contribution in [0.15, 0.2) is 47.6 Å². The SMILES string of the molecule is Cc1ccc(C)c(NC(=O)C2CCN(S(=O)(=O)c3cccnc3)CC2)c1. The normalized spacial score (nSPS) is 16.4. The first-order valence-corrected chi connectivity index (χ1v) is 10.1. The van der Waals surface area contributed by atoms with Crippen molar-refractivity contribution < 1.29 is 13.2 Å². The molecule has 7 heteroatoms. The molecule has 1 aliphatic heterocycles. The van der Waals surface area contributed by atoms with E-state index in [-0.39, 0.29) is 16.7 Å². The summed E-state index contributed by atoms with van der Waals surface area (Å²) >= 11 is 0. The number of pyridine rings is 1. The summed E-state index contributed by atoms with van der Waals surface area (Å²) in [6.45, 7) is 4.61. The van der Waals surface area contributed by atoms with Gasteiger partial charge in [0.15, 0.2) is 0 Å². The molecule has 1 amide bonds. The maximum absolute atomic E-state index is 12.6. The van der Waals surface area contributed by atoms with E-state index in [4.69, 9.17) is 0 Å². The van der Waals surface area contributed by atoms with E-state index in [1.54, 1.807) is 18.3 Å². The van der Waals surface area contributed by atoms with Gasteiger partial charge >= 0.3 is 0 Å². The topological polar surface area (TPSA) is 79.4 Å². The van der Waals surface area contributed by atoms with Crippen LogP contribution in [0.5, 0.6) is 0 Å². The molecule has 2 aromatic rings. The van der Waals surface area contributed by atoms with E-state index >= 15 is 0 Å². The predicted octanol–water partition coefficient (Wildman–Crippen LogP) is 2.74. The lowest BCUT2D eigenvalue weighted by Gasteiger charge is -2.30. The molecule has 1 fully saturated rings. The average Bonchev–Trinajstić information content (AvgIpc) is 2.65. The van der Waals surface area contributed by atoms with Gasteiger partial charge in [-0.3, -0.25) is 9.78 Å². The molecule has 3 rings (SSSR count). The summed E-state index contributed by atoms with van der Waals surface area (Å²) in [5.74, 6) is -0.229. The quantitative estimate of drug-likeness (QED) is 0.894. The second kappa shape index (κ2) is 7.55. The van der Waals surface area contributed by atoms with Gasteiger partial charge in [0.2, 0.25) is 15.9 Å². The van der Waals surface area contributed by atoms with Crippen LogP contribution in [0.25, 0.3) is 0 Å². The summed E-state index contributed by atoms with van der Waals surface area (Å²) < 4.78 is 26.7. The van der Waals surface area contributed by atoms with Crippen molar-refractivity contribution in [3.63, 3.8) is 0 Å². The number of carbonyl (C=O) groups is 1. The maximum Gasteiger partial charge on any atom is 0.244 e. The molecule has 1 saturated heterocycles. The summed E-state index contributed by atoms with van der Waals surface area (Å²) in [7, 11) is -3.54. The summed E-state index contributed by atoms with van der Waals surface area (Å²) in [6, 6.07) is 9.09. The summed E-state index contributed by atoms with van der Waals surface area (Å²) in [5, 5.41) is 2.99. The van der Waals surface area contributed by atoms with Gasteiger partial charge in [-0.1, -0.05) is 12.1 Å². The van der Waals surface area contributed by atoms with Gasteiger partial charge in [-0.25, -0.2) is 8.42 Å². The number of hydrogen-bond acceptors (Lipinski definition) is 4. The summed E-state index contributed by atoms with van der Waals surface area (Å²) in [4.78, 5) is 16.6. The Morgan fingerprint density at radius 3 is 2.58 bits per heavy atom. The van der Waals surface area contributed by atoms with Crippen LogP contribution in [-0.4, -0.2) is 36.7 Å². The van der Waals surface area contributed by atoms with Crippen molar-refractivity contribution in [2.45, 2.75) is 31.6 Å². The van der Waals surface area contributed by atoms with Crippen LogP contribution in [0.4, 0.5) is 5.69 Å². The van der Waals surface area contributed by atoms with Crippen LogP contribution < -0.4 is 5.32 Å². The Morgan fingerprint density at radius 2 is 1.92 bits per heavy atom. The third kappa shape index (κ3) is 3.94. The third-order valence-corrected chi connectivity index (χ3v) is 6.63. The van der Waals surface area contributed by atoms with Crippen molar-refractivity contribution in [3.8, 4) is 0 Å². The highest BCUT2D eigenvalue weighted by atomic mass is 32.2. The van der Waals surface area contributed by atoms with Crippen molar-refractivity contribution in [3.05, 3.63) is 53.9 Å². The molecule has 0 aliphatic carbocycles. The Labute approximate surface area is 154 Å². The third-order valence-electron chi connectivity index (χ3n) is 4.75. The number of aryl methyl sites for hydroxylation is 2. The minimum atomic E-state index is -3.54. The van der Waals surface area contributed by atoms with Gasteiger partial charge in [0.25, 0.3) is 0 Å². The van der Waals surface area contributed by atoms with E-state index in [0.29, 0.717) is 25.9 Å². The fraction of sp³-hybridized carbons (Fsp3) is 0.368. The van der Waals surface area contributed by atoms with Crippen molar-refractivity contribution in [2.24, 2.45) is 5.92 Å². The van der Waals surface area contributed by atoms with Gasteiger partial charge < -0.3 is 5.32 Å². The molecule has 6 nitrogen and oxygen atoms in total. The van der Waals surface area contributed by atoms with E-state index in [1.165, 1.54) is 10.5 Å². The molecule has 0 spiro atoms. The van der Waals surface area contributed by atoms with Gasteiger partial charge in [0, 0.05) is 37.1 Å². The summed E-state index contributed by atoms with van der Waals surface area (Å²) in [6.07, 6.45) is 3.92. The molecular weight excluding hydrogens is 350 g/mol. The molecule has 1 aromatic carbocycles. The highest BCUT2D eigenvalue weighted by Gasteiger charge is 2.32. The number of hydrogen-bond donors (Lipinski definition) is 1. The Morgan fingerprint density at radius 1 is 1.19 bits per heavy atom. The molecule has 1 N–H and O–H groups in total. The fourth-order valence-electron chi connectivity index (χ4n) is 3.11. The Balaban J connectivity index is 1.63. The number of anilines is 1. The molecule has 0 radical (unpaired) electrons. The van der Waals surface area contributed by atoms with Crippen LogP contribution in [0.3, 0.4) is 0 Å². The Hall–Kier alpha value is -2.25. The van der Waals surface area contributed by atoms with Crippen LogP contribution in [0.2, 0.25) is 0 Å². The average molecular weight is 373 g/mol. The molecular formula is C19H23N3O3S. The van der Waals surface area contributed by atoms with Gasteiger partial charge in [0.1, 0.15) is 4.90 Å². The molecule has 0 saturated carbocycles. The lowest BCUT2D eigenvalue weighted by atomic mass is 9.97. The number of aromatic nitrogens is 1. The number of rotatable bonds is 4. The molecule has 138 valence electrons.